The van der Waals surface area contributed by atoms with Gasteiger partial charge in [0, 0.05) is 25.6 Å². The van der Waals surface area contributed by atoms with E-state index in [4.69, 9.17) is 14.0 Å². The van der Waals surface area contributed by atoms with Crippen LogP contribution in [0.25, 0.3) is 0 Å². The Kier molecular flexibility index (Phi) is 4.23. The smallest absolute Gasteiger partial charge is 0.231 e. The van der Waals surface area contributed by atoms with Gasteiger partial charge in [-0.2, -0.15) is 0 Å². The Bertz CT molecular complexity index is 704. The molecule has 0 bridgehead atoms. The van der Waals surface area contributed by atoms with Gasteiger partial charge in [-0.15, -0.1) is 0 Å². The number of rotatable bonds is 5. The fourth-order valence-electron chi connectivity index (χ4n) is 2.68. The first-order valence-electron chi connectivity index (χ1n) is 7.59. The number of amides is 1. The van der Waals surface area contributed by atoms with Crippen molar-refractivity contribution in [1.29, 1.82) is 0 Å². The molecular weight excluding hydrogens is 296 g/mol. The van der Waals surface area contributed by atoms with Crippen molar-refractivity contribution in [2.45, 2.75) is 33.2 Å². The molecule has 0 saturated heterocycles. The Morgan fingerprint density at radius 2 is 2.04 bits per heavy atom. The van der Waals surface area contributed by atoms with Crippen molar-refractivity contribution in [2.75, 3.05) is 13.8 Å². The van der Waals surface area contributed by atoms with E-state index in [-0.39, 0.29) is 12.7 Å². The highest BCUT2D eigenvalue weighted by Crippen LogP contribution is 2.32. The third-order valence-corrected chi connectivity index (χ3v) is 4.05. The highest BCUT2D eigenvalue weighted by molar-refractivity contribution is 5.76. The lowest BCUT2D eigenvalue weighted by atomic mass is 10.1. The molecule has 1 aromatic heterocycles. The van der Waals surface area contributed by atoms with Gasteiger partial charge in [-0.3, -0.25) is 4.79 Å². The lowest BCUT2D eigenvalue weighted by Gasteiger charge is -2.17. The lowest BCUT2D eigenvalue weighted by molar-refractivity contribution is -0.130. The Hall–Kier alpha value is -2.50. The van der Waals surface area contributed by atoms with Crippen molar-refractivity contribution < 1.29 is 18.8 Å². The maximum atomic E-state index is 12.3. The lowest BCUT2D eigenvalue weighted by Crippen LogP contribution is -2.26. The Labute approximate surface area is 135 Å². The zero-order valence-corrected chi connectivity index (χ0v) is 13.6. The fraction of sp³-hybridized carbons (Fsp3) is 0.412. The number of ether oxygens (including phenoxy) is 2. The number of carbonyl (C=O) groups is 1. The summed E-state index contributed by atoms with van der Waals surface area (Å²) in [5, 5.41) is 3.91. The van der Waals surface area contributed by atoms with Gasteiger partial charge < -0.3 is 18.9 Å². The van der Waals surface area contributed by atoms with Crippen LogP contribution in [0.15, 0.2) is 22.7 Å². The van der Waals surface area contributed by atoms with E-state index in [0.717, 1.165) is 34.1 Å². The number of nitrogens with zero attached hydrogens (tertiary/aromatic N) is 2. The normalized spacial score (nSPS) is 12.5. The zero-order chi connectivity index (χ0) is 16.4. The summed E-state index contributed by atoms with van der Waals surface area (Å²) in [7, 11) is 1.81. The molecule has 3 rings (SSSR count). The molecule has 122 valence electrons. The van der Waals surface area contributed by atoms with Crippen LogP contribution in [-0.2, 0) is 17.8 Å². The first-order valence-corrected chi connectivity index (χ1v) is 7.59. The summed E-state index contributed by atoms with van der Waals surface area (Å²) in [5.41, 5.74) is 2.89. The van der Waals surface area contributed by atoms with Crippen molar-refractivity contribution in [2.24, 2.45) is 0 Å². The average Bonchev–Trinajstić information content (AvgIpc) is 3.11. The molecule has 1 aromatic carbocycles. The molecule has 23 heavy (non-hydrogen) atoms. The summed E-state index contributed by atoms with van der Waals surface area (Å²) in [6.45, 7) is 4.56. The van der Waals surface area contributed by atoms with E-state index in [2.05, 4.69) is 5.16 Å². The summed E-state index contributed by atoms with van der Waals surface area (Å²) in [6.07, 6.45) is 1.08. The van der Waals surface area contributed by atoms with E-state index >= 15 is 0 Å². The Balaban J connectivity index is 1.57. The van der Waals surface area contributed by atoms with Crippen molar-refractivity contribution in [3.63, 3.8) is 0 Å². The molecule has 1 amide bonds. The number of hydrogen-bond donors (Lipinski definition) is 0. The van der Waals surface area contributed by atoms with Gasteiger partial charge in [-0.25, -0.2) is 0 Å². The monoisotopic (exact) mass is 316 g/mol. The standard InChI is InChI=1S/C17H20N2O4/c1-11-14(12(2)23-18-11)5-7-17(20)19(3)9-13-4-6-15-16(8-13)22-10-21-15/h4,6,8H,5,7,9-10H2,1-3H3. The van der Waals surface area contributed by atoms with Crippen molar-refractivity contribution in [3.8, 4) is 11.5 Å². The minimum absolute atomic E-state index is 0.0858. The van der Waals surface area contributed by atoms with Crippen LogP contribution in [0.5, 0.6) is 11.5 Å². The topological polar surface area (TPSA) is 64.8 Å². The number of hydrogen-bond acceptors (Lipinski definition) is 5. The summed E-state index contributed by atoms with van der Waals surface area (Å²) in [6, 6.07) is 5.74. The van der Waals surface area contributed by atoms with Gasteiger partial charge in [0.2, 0.25) is 12.7 Å². The van der Waals surface area contributed by atoms with Crippen LogP contribution in [0.2, 0.25) is 0 Å². The minimum atomic E-state index is 0.0858. The quantitative estimate of drug-likeness (QED) is 0.848. The van der Waals surface area contributed by atoms with E-state index in [1.54, 1.807) is 11.9 Å². The van der Waals surface area contributed by atoms with Crippen molar-refractivity contribution in [1.82, 2.24) is 10.1 Å². The number of aromatic nitrogens is 1. The van der Waals surface area contributed by atoms with Gasteiger partial charge >= 0.3 is 0 Å². The minimum Gasteiger partial charge on any atom is -0.454 e. The Morgan fingerprint density at radius 1 is 1.26 bits per heavy atom. The molecule has 0 N–H and O–H groups in total. The maximum absolute atomic E-state index is 12.3. The number of benzene rings is 1. The van der Waals surface area contributed by atoms with Crippen molar-refractivity contribution in [3.05, 3.63) is 40.8 Å². The molecule has 1 aliphatic rings. The first kappa shape index (κ1) is 15.4. The van der Waals surface area contributed by atoms with Crippen LogP contribution >= 0.6 is 0 Å². The summed E-state index contributed by atoms with van der Waals surface area (Å²) < 4.78 is 15.8. The predicted molar refractivity (Wildman–Crippen MR) is 83.3 cm³/mol. The second-order valence-corrected chi connectivity index (χ2v) is 5.74. The summed E-state index contributed by atoms with van der Waals surface area (Å²) in [5.74, 6) is 2.36. The van der Waals surface area contributed by atoms with E-state index in [0.29, 0.717) is 19.4 Å². The van der Waals surface area contributed by atoms with Crippen LogP contribution in [0.4, 0.5) is 0 Å². The highest BCUT2D eigenvalue weighted by Gasteiger charge is 2.16. The molecule has 2 heterocycles. The van der Waals surface area contributed by atoms with E-state index < -0.39 is 0 Å². The molecule has 6 nitrogen and oxygen atoms in total. The van der Waals surface area contributed by atoms with Gasteiger partial charge in [0.1, 0.15) is 5.76 Å². The molecule has 0 aliphatic carbocycles. The van der Waals surface area contributed by atoms with Gasteiger partial charge in [0.05, 0.1) is 5.69 Å². The number of fused-ring (bicyclic) bond motifs is 1. The molecule has 1 aliphatic heterocycles. The van der Waals surface area contributed by atoms with Gasteiger partial charge in [0.25, 0.3) is 0 Å². The molecule has 0 unspecified atom stereocenters. The molecule has 0 radical (unpaired) electrons. The van der Waals surface area contributed by atoms with Crippen LogP contribution in [0.1, 0.15) is 29.0 Å². The summed E-state index contributed by atoms with van der Waals surface area (Å²) >= 11 is 0. The van der Waals surface area contributed by atoms with Gasteiger partial charge in [0.15, 0.2) is 11.5 Å². The van der Waals surface area contributed by atoms with Crippen LogP contribution < -0.4 is 9.47 Å². The first-order chi connectivity index (χ1) is 11.0. The van der Waals surface area contributed by atoms with Crippen LogP contribution in [0, 0.1) is 13.8 Å². The third-order valence-electron chi connectivity index (χ3n) is 4.05. The van der Waals surface area contributed by atoms with E-state index in [1.807, 2.05) is 32.0 Å². The highest BCUT2D eigenvalue weighted by atomic mass is 16.7. The summed E-state index contributed by atoms with van der Waals surface area (Å²) in [4.78, 5) is 14.0. The van der Waals surface area contributed by atoms with Crippen molar-refractivity contribution >= 4 is 5.91 Å². The molecule has 0 spiro atoms. The van der Waals surface area contributed by atoms with Crippen LogP contribution in [0.3, 0.4) is 0 Å². The average molecular weight is 316 g/mol. The number of carbonyl (C=O) groups excluding carboxylic acids is 1. The molecule has 6 heteroatoms. The maximum Gasteiger partial charge on any atom is 0.231 e. The third kappa shape index (κ3) is 3.31. The largest absolute Gasteiger partial charge is 0.454 e. The SMILES string of the molecule is Cc1noc(C)c1CCC(=O)N(C)Cc1ccc2c(c1)OCO2. The second-order valence-electron chi connectivity index (χ2n) is 5.74. The van der Waals surface area contributed by atoms with E-state index in [9.17, 15) is 4.79 Å². The predicted octanol–water partition coefficient (Wildman–Crippen LogP) is 2.61. The van der Waals surface area contributed by atoms with Crippen LogP contribution in [-0.4, -0.2) is 29.8 Å². The molecule has 0 atom stereocenters. The number of aryl methyl sites for hydroxylation is 2. The zero-order valence-electron chi connectivity index (χ0n) is 13.6. The van der Waals surface area contributed by atoms with E-state index in [1.165, 1.54) is 0 Å². The fourth-order valence-corrected chi connectivity index (χ4v) is 2.68. The molecule has 2 aromatic rings. The molecule has 0 saturated carbocycles. The second kappa shape index (κ2) is 6.32. The van der Waals surface area contributed by atoms with Gasteiger partial charge in [-0.05, 0) is 38.0 Å². The molecular formula is C17H20N2O4. The van der Waals surface area contributed by atoms with Gasteiger partial charge in [-0.1, -0.05) is 11.2 Å². The Morgan fingerprint density at radius 3 is 2.78 bits per heavy atom. The molecule has 0 fully saturated rings.